The largest absolute Gasteiger partial charge is 0.396 e. The molecule has 1 aliphatic heterocycles. The summed E-state index contributed by atoms with van der Waals surface area (Å²) in [6, 6.07) is 3.43. The maximum atomic E-state index is 13.6. The summed E-state index contributed by atoms with van der Waals surface area (Å²) in [6.07, 6.45) is 0.690. The van der Waals surface area contributed by atoms with E-state index in [1.165, 1.54) is 11.0 Å². The molecule has 1 heterocycles. The second-order valence-electron chi connectivity index (χ2n) is 4.81. The molecular formula is C14H18F2N2O2. The molecule has 20 heavy (non-hydrogen) atoms. The van der Waals surface area contributed by atoms with Gasteiger partial charge in [0.25, 0.3) is 5.91 Å². The number of rotatable bonds is 4. The predicted molar refractivity (Wildman–Crippen MR) is 70.4 cm³/mol. The second kappa shape index (κ2) is 6.76. The third kappa shape index (κ3) is 3.32. The van der Waals surface area contributed by atoms with Gasteiger partial charge in [0.05, 0.1) is 0 Å². The van der Waals surface area contributed by atoms with Crippen LogP contribution in [0.4, 0.5) is 8.78 Å². The predicted octanol–water partition coefficient (Wildman–Crippen LogP) is 1.11. The molecule has 1 amide bonds. The Morgan fingerprint density at radius 3 is 2.30 bits per heavy atom. The number of piperazine rings is 1. The lowest BCUT2D eigenvalue weighted by molar-refractivity contribution is 0.0619. The average Bonchev–Trinajstić information content (AvgIpc) is 2.45. The van der Waals surface area contributed by atoms with Crippen molar-refractivity contribution >= 4 is 5.91 Å². The number of carbonyl (C=O) groups is 1. The normalized spacial score (nSPS) is 16.4. The lowest BCUT2D eigenvalue weighted by Gasteiger charge is -2.34. The minimum atomic E-state index is -0.822. The van der Waals surface area contributed by atoms with Crippen molar-refractivity contribution in [3.8, 4) is 0 Å². The number of halogens is 2. The molecule has 0 aliphatic carbocycles. The van der Waals surface area contributed by atoms with Crippen molar-refractivity contribution in [3.63, 3.8) is 0 Å². The molecule has 0 aromatic heterocycles. The van der Waals surface area contributed by atoms with E-state index in [1.54, 1.807) is 0 Å². The quantitative estimate of drug-likeness (QED) is 0.900. The number of benzene rings is 1. The Hall–Kier alpha value is -1.53. The highest BCUT2D eigenvalue weighted by Crippen LogP contribution is 2.16. The zero-order valence-corrected chi connectivity index (χ0v) is 11.2. The first-order valence-electron chi connectivity index (χ1n) is 6.70. The highest BCUT2D eigenvalue weighted by Gasteiger charge is 2.26. The molecule has 0 atom stereocenters. The molecule has 4 nitrogen and oxygen atoms in total. The van der Waals surface area contributed by atoms with Gasteiger partial charge in [0.2, 0.25) is 0 Å². The van der Waals surface area contributed by atoms with E-state index in [0.29, 0.717) is 32.6 Å². The summed E-state index contributed by atoms with van der Waals surface area (Å²) in [7, 11) is 0. The summed E-state index contributed by atoms with van der Waals surface area (Å²) < 4.78 is 27.1. The first-order chi connectivity index (χ1) is 9.63. The summed E-state index contributed by atoms with van der Waals surface area (Å²) in [6.45, 7) is 3.10. The molecule has 0 saturated carbocycles. The van der Waals surface area contributed by atoms with Gasteiger partial charge in [-0.15, -0.1) is 0 Å². The number of aliphatic hydroxyl groups excluding tert-OH is 1. The van der Waals surface area contributed by atoms with E-state index < -0.39 is 23.1 Å². The van der Waals surface area contributed by atoms with Gasteiger partial charge in [0, 0.05) is 39.3 Å². The van der Waals surface area contributed by atoms with Crippen LogP contribution < -0.4 is 0 Å². The molecule has 0 bridgehead atoms. The Balaban J connectivity index is 1.98. The van der Waals surface area contributed by atoms with Crippen LogP contribution in [0.5, 0.6) is 0 Å². The Kier molecular flexibility index (Phi) is 5.03. The van der Waals surface area contributed by atoms with Crippen molar-refractivity contribution in [2.75, 3.05) is 39.3 Å². The number of amides is 1. The number of aliphatic hydroxyl groups is 1. The van der Waals surface area contributed by atoms with Crippen LogP contribution in [0.15, 0.2) is 18.2 Å². The molecule has 0 unspecified atom stereocenters. The molecule has 0 radical (unpaired) electrons. The Morgan fingerprint density at radius 2 is 1.75 bits per heavy atom. The molecule has 1 N–H and O–H groups in total. The molecule has 1 aliphatic rings. The number of hydrogen-bond acceptors (Lipinski definition) is 3. The molecule has 110 valence electrons. The monoisotopic (exact) mass is 284 g/mol. The van der Waals surface area contributed by atoms with Gasteiger partial charge in [0.1, 0.15) is 17.2 Å². The average molecular weight is 284 g/mol. The number of hydrogen-bond donors (Lipinski definition) is 1. The molecule has 1 aromatic rings. The highest BCUT2D eigenvalue weighted by molar-refractivity contribution is 5.94. The maximum Gasteiger partial charge on any atom is 0.259 e. The van der Waals surface area contributed by atoms with Crippen LogP contribution in [0.1, 0.15) is 16.8 Å². The summed E-state index contributed by atoms with van der Waals surface area (Å²) in [5.41, 5.74) is -0.476. The Labute approximate surface area is 116 Å². The lowest BCUT2D eigenvalue weighted by atomic mass is 10.1. The SMILES string of the molecule is O=C(c1c(F)cccc1F)N1CCN(CCCO)CC1. The van der Waals surface area contributed by atoms with E-state index in [4.69, 9.17) is 5.11 Å². The van der Waals surface area contributed by atoms with E-state index in [0.717, 1.165) is 18.7 Å². The fraction of sp³-hybridized carbons (Fsp3) is 0.500. The molecule has 0 spiro atoms. The van der Waals surface area contributed by atoms with E-state index in [9.17, 15) is 13.6 Å². The standard InChI is InChI=1S/C14H18F2N2O2/c15-11-3-1-4-12(16)13(11)14(20)18-8-6-17(7-9-18)5-2-10-19/h1,3-4,19H,2,5-10H2. The third-order valence-electron chi connectivity index (χ3n) is 3.47. The number of carbonyl (C=O) groups excluding carboxylic acids is 1. The minimum absolute atomic E-state index is 0.138. The maximum absolute atomic E-state index is 13.6. The van der Waals surface area contributed by atoms with Crippen molar-refractivity contribution in [2.24, 2.45) is 0 Å². The smallest absolute Gasteiger partial charge is 0.259 e. The minimum Gasteiger partial charge on any atom is -0.396 e. The van der Waals surface area contributed by atoms with Crippen LogP contribution in [0.25, 0.3) is 0 Å². The third-order valence-corrected chi connectivity index (χ3v) is 3.47. The van der Waals surface area contributed by atoms with Crippen molar-refractivity contribution in [2.45, 2.75) is 6.42 Å². The van der Waals surface area contributed by atoms with Gasteiger partial charge in [-0.2, -0.15) is 0 Å². The van der Waals surface area contributed by atoms with Crippen LogP contribution >= 0.6 is 0 Å². The van der Waals surface area contributed by atoms with E-state index in [-0.39, 0.29) is 6.61 Å². The van der Waals surface area contributed by atoms with E-state index in [1.807, 2.05) is 0 Å². The summed E-state index contributed by atoms with van der Waals surface area (Å²) >= 11 is 0. The van der Waals surface area contributed by atoms with Crippen LogP contribution in [0, 0.1) is 11.6 Å². The summed E-state index contributed by atoms with van der Waals surface area (Å²) in [5, 5.41) is 8.77. The molecule has 1 aromatic carbocycles. The highest BCUT2D eigenvalue weighted by atomic mass is 19.1. The van der Waals surface area contributed by atoms with Crippen LogP contribution in [-0.4, -0.2) is 60.1 Å². The molecule has 1 fully saturated rings. The Morgan fingerprint density at radius 1 is 1.15 bits per heavy atom. The van der Waals surface area contributed by atoms with Gasteiger partial charge in [-0.05, 0) is 18.6 Å². The summed E-state index contributed by atoms with van der Waals surface area (Å²) in [5.74, 6) is -2.24. The van der Waals surface area contributed by atoms with E-state index in [2.05, 4.69) is 4.90 Å². The fourth-order valence-corrected chi connectivity index (χ4v) is 2.33. The second-order valence-corrected chi connectivity index (χ2v) is 4.81. The van der Waals surface area contributed by atoms with Crippen molar-refractivity contribution in [3.05, 3.63) is 35.4 Å². The zero-order chi connectivity index (χ0) is 14.5. The molecule has 2 rings (SSSR count). The first-order valence-corrected chi connectivity index (χ1v) is 6.70. The van der Waals surface area contributed by atoms with Crippen LogP contribution in [0.2, 0.25) is 0 Å². The molecule has 6 heteroatoms. The van der Waals surface area contributed by atoms with Gasteiger partial charge in [-0.25, -0.2) is 8.78 Å². The topological polar surface area (TPSA) is 43.8 Å². The van der Waals surface area contributed by atoms with Gasteiger partial charge < -0.3 is 10.0 Å². The van der Waals surface area contributed by atoms with Crippen molar-refractivity contribution < 1.29 is 18.7 Å². The Bertz CT molecular complexity index is 454. The van der Waals surface area contributed by atoms with Crippen molar-refractivity contribution in [1.29, 1.82) is 0 Å². The van der Waals surface area contributed by atoms with Gasteiger partial charge in [0.15, 0.2) is 0 Å². The zero-order valence-electron chi connectivity index (χ0n) is 11.2. The molecular weight excluding hydrogens is 266 g/mol. The van der Waals surface area contributed by atoms with Crippen molar-refractivity contribution in [1.82, 2.24) is 9.80 Å². The van der Waals surface area contributed by atoms with Gasteiger partial charge in [-0.3, -0.25) is 9.69 Å². The summed E-state index contributed by atoms with van der Waals surface area (Å²) in [4.78, 5) is 15.7. The fourth-order valence-electron chi connectivity index (χ4n) is 2.33. The lowest BCUT2D eigenvalue weighted by Crippen LogP contribution is -2.49. The van der Waals surface area contributed by atoms with E-state index >= 15 is 0 Å². The van der Waals surface area contributed by atoms with Gasteiger partial charge >= 0.3 is 0 Å². The van der Waals surface area contributed by atoms with Crippen LogP contribution in [-0.2, 0) is 0 Å². The first kappa shape index (κ1) is 14.9. The van der Waals surface area contributed by atoms with Crippen LogP contribution in [0.3, 0.4) is 0 Å². The molecule has 1 saturated heterocycles. The van der Waals surface area contributed by atoms with Gasteiger partial charge in [-0.1, -0.05) is 6.07 Å². The number of nitrogens with zero attached hydrogens (tertiary/aromatic N) is 2.